The second-order valence-corrected chi connectivity index (χ2v) is 6.14. The van der Waals surface area contributed by atoms with Crippen molar-refractivity contribution < 1.29 is 0 Å². The van der Waals surface area contributed by atoms with Crippen LogP contribution in [0.5, 0.6) is 0 Å². The van der Waals surface area contributed by atoms with E-state index >= 15 is 0 Å². The summed E-state index contributed by atoms with van der Waals surface area (Å²) in [4.78, 5) is 1.26. The SMILES string of the molecule is CC(NCc1cc(Cl)cs1)c1ccccc1Br. The molecule has 2 rings (SSSR count). The zero-order chi connectivity index (χ0) is 12.3. The predicted molar refractivity (Wildman–Crippen MR) is 78.7 cm³/mol. The summed E-state index contributed by atoms with van der Waals surface area (Å²) >= 11 is 11.1. The number of rotatable bonds is 4. The maximum atomic E-state index is 5.89. The fourth-order valence-corrected chi connectivity index (χ4v) is 3.29. The molecule has 1 aromatic carbocycles. The quantitative estimate of drug-likeness (QED) is 0.830. The van der Waals surface area contributed by atoms with Crippen molar-refractivity contribution in [1.82, 2.24) is 5.32 Å². The minimum Gasteiger partial charge on any atom is -0.305 e. The summed E-state index contributed by atoms with van der Waals surface area (Å²) in [7, 11) is 0. The predicted octanol–water partition coefficient (Wildman–Crippen LogP) is 5.01. The standard InChI is InChI=1S/C13H13BrClNS/c1-9(12-4-2-3-5-13(12)14)16-7-11-6-10(15)8-17-11/h2-6,8-9,16H,7H2,1H3. The van der Waals surface area contributed by atoms with Gasteiger partial charge in [0, 0.05) is 27.3 Å². The Hall–Kier alpha value is -0.350. The highest BCUT2D eigenvalue weighted by atomic mass is 79.9. The molecule has 0 aliphatic carbocycles. The molecule has 0 aliphatic heterocycles. The van der Waals surface area contributed by atoms with Gasteiger partial charge in [-0.2, -0.15) is 0 Å². The van der Waals surface area contributed by atoms with Gasteiger partial charge in [-0.3, -0.25) is 0 Å². The molecule has 1 heterocycles. The Morgan fingerprint density at radius 2 is 2.18 bits per heavy atom. The number of benzene rings is 1. The molecule has 90 valence electrons. The van der Waals surface area contributed by atoms with E-state index in [0.717, 1.165) is 16.0 Å². The van der Waals surface area contributed by atoms with E-state index in [4.69, 9.17) is 11.6 Å². The lowest BCUT2D eigenvalue weighted by Gasteiger charge is -2.15. The average Bonchev–Trinajstić information content (AvgIpc) is 2.73. The molecule has 17 heavy (non-hydrogen) atoms. The van der Waals surface area contributed by atoms with Crippen LogP contribution >= 0.6 is 38.9 Å². The van der Waals surface area contributed by atoms with Crippen LogP contribution in [-0.2, 0) is 6.54 Å². The summed E-state index contributed by atoms with van der Waals surface area (Å²) in [6.07, 6.45) is 0. The summed E-state index contributed by atoms with van der Waals surface area (Å²) < 4.78 is 1.14. The second-order valence-electron chi connectivity index (χ2n) is 3.86. The number of nitrogens with one attached hydrogen (secondary N) is 1. The van der Waals surface area contributed by atoms with E-state index in [1.165, 1.54) is 10.4 Å². The van der Waals surface area contributed by atoms with Crippen molar-refractivity contribution >= 4 is 38.9 Å². The largest absolute Gasteiger partial charge is 0.305 e. The van der Waals surface area contributed by atoms with Gasteiger partial charge in [0.25, 0.3) is 0 Å². The van der Waals surface area contributed by atoms with Crippen LogP contribution in [0.1, 0.15) is 23.4 Å². The summed E-state index contributed by atoms with van der Waals surface area (Å²) in [5.74, 6) is 0. The van der Waals surface area contributed by atoms with Crippen LogP contribution in [-0.4, -0.2) is 0 Å². The van der Waals surface area contributed by atoms with Crippen LogP contribution in [0.15, 0.2) is 40.2 Å². The molecular formula is C13H13BrClNS. The molecule has 1 N–H and O–H groups in total. The highest BCUT2D eigenvalue weighted by molar-refractivity contribution is 9.10. The van der Waals surface area contributed by atoms with Crippen molar-refractivity contribution in [3.05, 3.63) is 55.6 Å². The van der Waals surface area contributed by atoms with Crippen LogP contribution < -0.4 is 5.32 Å². The number of hydrogen-bond acceptors (Lipinski definition) is 2. The molecule has 4 heteroatoms. The van der Waals surface area contributed by atoms with Crippen LogP contribution in [0.2, 0.25) is 5.02 Å². The van der Waals surface area contributed by atoms with E-state index in [1.807, 2.05) is 17.5 Å². The average molecular weight is 331 g/mol. The first kappa shape index (κ1) is 13.1. The number of halogens is 2. The fourth-order valence-electron chi connectivity index (χ4n) is 1.64. The molecule has 1 nitrogen and oxygen atoms in total. The molecule has 0 bridgehead atoms. The molecule has 1 aromatic heterocycles. The van der Waals surface area contributed by atoms with Gasteiger partial charge in [-0.1, -0.05) is 45.7 Å². The third-order valence-electron chi connectivity index (χ3n) is 2.58. The third kappa shape index (κ3) is 3.55. The summed E-state index contributed by atoms with van der Waals surface area (Å²) in [6, 6.07) is 10.6. The Bertz CT molecular complexity index is 498. The highest BCUT2D eigenvalue weighted by Crippen LogP contribution is 2.24. The fraction of sp³-hybridized carbons (Fsp3) is 0.231. The Kier molecular flexibility index (Phi) is 4.62. The summed E-state index contributed by atoms with van der Waals surface area (Å²) in [5, 5.41) is 6.27. The number of hydrogen-bond donors (Lipinski definition) is 1. The first-order valence-electron chi connectivity index (χ1n) is 5.37. The Morgan fingerprint density at radius 1 is 1.41 bits per heavy atom. The monoisotopic (exact) mass is 329 g/mol. The van der Waals surface area contributed by atoms with Gasteiger partial charge in [-0.05, 0) is 24.6 Å². The van der Waals surface area contributed by atoms with Gasteiger partial charge >= 0.3 is 0 Å². The zero-order valence-electron chi connectivity index (χ0n) is 9.41. The highest BCUT2D eigenvalue weighted by Gasteiger charge is 2.08. The lowest BCUT2D eigenvalue weighted by molar-refractivity contribution is 0.577. The number of thiophene rings is 1. The van der Waals surface area contributed by atoms with Crippen LogP contribution in [0, 0.1) is 0 Å². The molecule has 1 unspecified atom stereocenters. The van der Waals surface area contributed by atoms with Gasteiger partial charge in [-0.15, -0.1) is 11.3 Å². The topological polar surface area (TPSA) is 12.0 Å². The second kappa shape index (κ2) is 6.01. The van der Waals surface area contributed by atoms with E-state index in [-0.39, 0.29) is 0 Å². The molecule has 0 aliphatic rings. The van der Waals surface area contributed by atoms with Crippen LogP contribution in [0.3, 0.4) is 0 Å². The third-order valence-corrected chi connectivity index (χ3v) is 4.58. The van der Waals surface area contributed by atoms with Crippen molar-refractivity contribution in [2.75, 3.05) is 0 Å². The first-order chi connectivity index (χ1) is 8.16. The van der Waals surface area contributed by atoms with Crippen molar-refractivity contribution in [3.8, 4) is 0 Å². The van der Waals surface area contributed by atoms with E-state index in [1.54, 1.807) is 11.3 Å². The molecule has 0 amide bonds. The maximum absolute atomic E-state index is 5.89. The normalized spacial score (nSPS) is 12.6. The Balaban J connectivity index is 1.98. The van der Waals surface area contributed by atoms with E-state index in [2.05, 4.69) is 46.4 Å². The molecular weight excluding hydrogens is 318 g/mol. The van der Waals surface area contributed by atoms with E-state index in [9.17, 15) is 0 Å². The van der Waals surface area contributed by atoms with E-state index in [0.29, 0.717) is 6.04 Å². The first-order valence-corrected chi connectivity index (χ1v) is 7.42. The smallest absolute Gasteiger partial charge is 0.0516 e. The van der Waals surface area contributed by atoms with Crippen molar-refractivity contribution in [1.29, 1.82) is 0 Å². The maximum Gasteiger partial charge on any atom is 0.0516 e. The summed E-state index contributed by atoms with van der Waals surface area (Å²) in [5.41, 5.74) is 1.27. The minimum atomic E-state index is 0.312. The van der Waals surface area contributed by atoms with Gasteiger partial charge in [-0.25, -0.2) is 0 Å². The Labute approximate surface area is 119 Å². The lowest BCUT2D eigenvalue weighted by Crippen LogP contribution is -2.17. The van der Waals surface area contributed by atoms with Crippen molar-refractivity contribution in [2.24, 2.45) is 0 Å². The van der Waals surface area contributed by atoms with Gasteiger partial charge in [0.05, 0.1) is 5.02 Å². The molecule has 0 spiro atoms. The zero-order valence-corrected chi connectivity index (χ0v) is 12.6. The van der Waals surface area contributed by atoms with Crippen LogP contribution in [0.4, 0.5) is 0 Å². The van der Waals surface area contributed by atoms with Gasteiger partial charge < -0.3 is 5.32 Å². The molecule has 0 saturated carbocycles. The van der Waals surface area contributed by atoms with Gasteiger partial charge in [0.1, 0.15) is 0 Å². The molecule has 1 atom stereocenters. The van der Waals surface area contributed by atoms with Gasteiger partial charge in [0.2, 0.25) is 0 Å². The molecule has 0 fully saturated rings. The van der Waals surface area contributed by atoms with Crippen molar-refractivity contribution in [2.45, 2.75) is 19.5 Å². The molecule has 2 aromatic rings. The molecule has 0 radical (unpaired) electrons. The Morgan fingerprint density at radius 3 is 2.82 bits per heavy atom. The summed E-state index contributed by atoms with van der Waals surface area (Å²) in [6.45, 7) is 3.01. The van der Waals surface area contributed by atoms with E-state index < -0.39 is 0 Å². The van der Waals surface area contributed by atoms with Crippen LogP contribution in [0.25, 0.3) is 0 Å². The van der Waals surface area contributed by atoms with Gasteiger partial charge in [0.15, 0.2) is 0 Å². The minimum absolute atomic E-state index is 0.312. The molecule has 0 saturated heterocycles. The van der Waals surface area contributed by atoms with Crippen molar-refractivity contribution in [3.63, 3.8) is 0 Å². The lowest BCUT2D eigenvalue weighted by atomic mass is 10.1.